The molecule has 0 aliphatic carbocycles. The van der Waals surface area contributed by atoms with Gasteiger partial charge < -0.3 is 9.40 Å². The number of thioether (sulfide) groups is 1. The van der Waals surface area contributed by atoms with Crippen LogP contribution in [-0.2, 0) is 15.8 Å². The summed E-state index contributed by atoms with van der Waals surface area (Å²) in [5, 5.41) is 0.779. The normalized spacial score (nSPS) is 11.6. The fraction of sp³-hybridized carbons (Fsp3) is 0.0526. The molecule has 0 saturated heterocycles. The summed E-state index contributed by atoms with van der Waals surface area (Å²) in [6, 6.07) is 14.4. The molecular weight excluding hydrogens is 450 g/mol. The fourth-order valence-electron chi connectivity index (χ4n) is 2.75. The van der Waals surface area contributed by atoms with Gasteiger partial charge in [-0.2, -0.15) is 8.42 Å². The molecule has 0 aliphatic rings. The molecule has 4 aromatic rings. The molecule has 0 aliphatic heterocycles. The zero-order chi connectivity index (χ0) is 21.3. The number of H-pyrrole nitrogens is 2. The quantitative estimate of drug-likeness (QED) is 0.375. The average molecular weight is 464 g/mol. The summed E-state index contributed by atoms with van der Waals surface area (Å²) in [6.07, 6.45) is 0. The van der Waals surface area contributed by atoms with E-state index in [2.05, 4.69) is 14.7 Å². The number of anilines is 1. The lowest BCUT2D eigenvalue weighted by Crippen LogP contribution is -2.22. The molecule has 2 aromatic heterocycles. The van der Waals surface area contributed by atoms with E-state index in [1.165, 1.54) is 30.0 Å². The maximum Gasteiger partial charge on any atom is 0.325 e. The minimum absolute atomic E-state index is 0.224. The summed E-state index contributed by atoms with van der Waals surface area (Å²) < 4.78 is 33.7. The topological polar surface area (TPSA) is 125 Å². The Kier molecular flexibility index (Phi) is 5.46. The molecule has 0 radical (unpaired) electrons. The van der Waals surface area contributed by atoms with E-state index in [4.69, 9.17) is 16.0 Å². The number of nitrogens with one attached hydrogen (secondary N) is 3. The molecule has 3 N–H and O–H groups in total. The van der Waals surface area contributed by atoms with Crippen molar-refractivity contribution in [1.82, 2.24) is 9.97 Å². The molecule has 0 unspecified atom stereocenters. The number of fused-ring (bicyclic) bond motifs is 1. The largest absolute Gasteiger partial charge is 0.443 e. The van der Waals surface area contributed by atoms with E-state index in [9.17, 15) is 18.0 Å². The van der Waals surface area contributed by atoms with E-state index < -0.39 is 21.3 Å². The number of aromatic amines is 2. The standard InChI is InChI=1S/C19H14ClN3O5S2/c20-12-5-6-16(29-10-13-9-17(24)22-19(25)21-13)14(8-12)23-30(26,27)18-7-11-3-1-2-4-15(11)28-18/h1-9,23H,10H2,(H2,21,22,24,25). The van der Waals surface area contributed by atoms with Crippen LogP contribution in [0.2, 0.25) is 5.02 Å². The van der Waals surface area contributed by atoms with Crippen molar-refractivity contribution in [3.8, 4) is 0 Å². The van der Waals surface area contributed by atoms with Crippen LogP contribution in [-0.4, -0.2) is 18.4 Å². The summed E-state index contributed by atoms with van der Waals surface area (Å²) in [6.45, 7) is 0. The van der Waals surface area contributed by atoms with Crippen LogP contribution in [0.4, 0.5) is 5.69 Å². The van der Waals surface area contributed by atoms with Gasteiger partial charge in [-0.25, -0.2) is 4.79 Å². The smallest absolute Gasteiger partial charge is 0.325 e. The monoisotopic (exact) mass is 463 g/mol. The van der Waals surface area contributed by atoms with E-state index >= 15 is 0 Å². The number of sulfonamides is 1. The maximum atomic E-state index is 12.8. The van der Waals surface area contributed by atoms with Crippen LogP contribution < -0.4 is 16.0 Å². The molecule has 0 saturated carbocycles. The van der Waals surface area contributed by atoms with Crippen molar-refractivity contribution in [2.45, 2.75) is 15.7 Å². The van der Waals surface area contributed by atoms with Crippen molar-refractivity contribution in [3.05, 3.63) is 86.2 Å². The fourth-order valence-corrected chi connectivity index (χ4v) is 4.92. The van der Waals surface area contributed by atoms with Gasteiger partial charge in [-0.05, 0) is 24.3 Å². The Morgan fingerprint density at radius 1 is 1.03 bits per heavy atom. The highest BCUT2D eigenvalue weighted by Gasteiger charge is 2.21. The summed E-state index contributed by atoms with van der Waals surface area (Å²) in [4.78, 5) is 28.0. The second-order valence-electron chi connectivity index (χ2n) is 6.25. The number of para-hydroxylation sites is 1. The molecule has 8 nitrogen and oxygen atoms in total. The van der Waals surface area contributed by atoms with Crippen molar-refractivity contribution in [2.24, 2.45) is 0 Å². The Labute approximate surface area is 179 Å². The Morgan fingerprint density at radius 2 is 1.83 bits per heavy atom. The van der Waals surface area contributed by atoms with Gasteiger partial charge in [-0.3, -0.25) is 14.5 Å². The molecule has 4 rings (SSSR count). The average Bonchev–Trinajstić information content (AvgIpc) is 3.12. The molecule has 0 spiro atoms. The predicted molar refractivity (Wildman–Crippen MR) is 116 cm³/mol. The molecule has 0 bridgehead atoms. The second-order valence-corrected chi connectivity index (χ2v) is 9.32. The Bertz CT molecular complexity index is 1400. The number of hydrogen-bond donors (Lipinski definition) is 3. The highest BCUT2D eigenvalue weighted by Crippen LogP contribution is 2.34. The third-order valence-corrected chi connectivity index (χ3v) is 6.63. The minimum atomic E-state index is -4.01. The summed E-state index contributed by atoms with van der Waals surface area (Å²) >= 11 is 7.28. The number of furan rings is 1. The second kappa shape index (κ2) is 8.05. The lowest BCUT2D eigenvalue weighted by molar-refractivity contribution is 0.484. The molecule has 2 heterocycles. The van der Waals surface area contributed by atoms with Gasteiger partial charge in [0.05, 0.1) is 5.69 Å². The van der Waals surface area contributed by atoms with E-state index in [0.29, 0.717) is 26.6 Å². The number of rotatable bonds is 6. The Hall–Kier alpha value is -2.95. The van der Waals surface area contributed by atoms with Crippen molar-refractivity contribution in [1.29, 1.82) is 0 Å². The van der Waals surface area contributed by atoms with Gasteiger partial charge in [0, 0.05) is 38.9 Å². The van der Waals surface area contributed by atoms with Crippen molar-refractivity contribution in [2.75, 3.05) is 4.72 Å². The first-order valence-corrected chi connectivity index (χ1v) is 11.4. The summed E-state index contributed by atoms with van der Waals surface area (Å²) in [7, 11) is -4.01. The van der Waals surface area contributed by atoms with Crippen LogP contribution in [0.3, 0.4) is 0 Å². The van der Waals surface area contributed by atoms with Gasteiger partial charge in [0.25, 0.3) is 15.6 Å². The molecule has 0 fully saturated rings. The van der Waals surface area contributed by atoms with Crippen LogP contribution in [0.1, 0.15) is 5.69 Å². The van der Waals surface area contributed by atoms with Crippen LogP contribution in [0.15, 0.2) is 78.6 Å². The van der Waals surface area contributed by atoms with E-state index in [1.807, 2.05) is 0 Å². The zero-order valence-corrected chi connectivity index (χ0v) is 17.5. The minimum Gasteiger partial charge on any atom is -0.443 e. The van der Waals surface area contributed by atoms with Gasteiger partial charge >= 0.3 is 5.69 Å². The van der Waals surface area contributed by atoms with Crippen molar-refractivity contribution >= 4 is 50.0 Å². The molecule has 154 valence electrons. The Balaban J connectivity index is 1.62. The van der Waals surface area contributed by atoms with Crippen molar-refractivity contribution < 1.29 is 12.8 Å². The first-order chi connectivity index (χ1) is 14.3. The van der Waals surface area contributed by atoms with Gasteiger partial charge in [-0.15, -0.1) is 11.8 Å². The first-order valence-electron chi connectivity index (χ1n) is 8.56. The molecule has 0 amide bonds. The first kappa shape index (κ1) is 20.3. The molecule has 11 heteroatoms. The highest BCUT2D eigenvalue weighted by molar-refractivity contribution is 7.98. The summed E-state index contributed by atoms with van der Waals surface area (Å²) in [5.41, 5.74) is -0.0250. The number of aromatic nitrogens is 2. The third-order valence-electron chi connectivity index (χ3n) is 4.05. The Morgan fingerprint density at radius 3 is 2.60 bits per heavy atom. The van der Waals surface area contributed by atoms with Crippen LogP contribution >= 0.6 is 23.4 Å². The van der Waals surface area contributed by atoms with E-state index in [1.54, 1.807) is 36.4 Å². The van der Waals surface area contributed by atoms with E-state index in [0.717, 1.165) is 0 Å². The lowest BCUT2D eigenvalue weighted by atomic mass is 10.3. The highest BCUT2D eigenvalue weighted by atomic mass is 35.5. The third kappa shape index (κ3) is 4.45. The van der Waals surface area contributed by atoms with E-state index in [-0.39, 0.29) is 16.5 Å². The lowest BCUT2D eigenvalue weighted by Gasteiger charge is -2.11. The van der Waals surface area contributed by atoms with Gasteiger partial charge in [0.15, 0.2) is 0 Å². The van der Waals surface area contributed by atoms with Crippen LogP contribution in [0.25, 0.3) is 11.0 Å². The van der Waals surface area contributed by atoms with Crippen molar-refractivity contribution in [3.63, 3.8) is 0 Å². The van der Waals surface area contributed by atoms with Crippen LogP contribution in [0, 0.1) is 0 Å². The van der Waals surface area contributed by atoms with Gasteiger partial charge in [0.1, 0.15) is 5.58 Å². The molecule has 0 atom stereocenters. The molecule has 30 heavy (non-hydrogen) atoms. The van der Waals surface area contributed by atoms with Crippen LogP contribution in [0.5, 0.6) is 0 Å². The van der Waals surface area contributed by atoms with Gasteiger partial charge in [-0.1, -0.05) is 29.8 Å². The predicted octanol–water partition coefficient (Wildman–Crippen LogP) is 3.56. The zero-order valence-electron chi connectivity index (χ0n) is 15.1. The number of benzene rings is 2. The number of hydrogen-bond acceptors (Lipinski definition) is 6. The SMILES string of the molecule is O=c1cc(CSc2ccc(Cl)cc2NS(=O)(=O)c2cc3ccccc3o2)[nH]c(=O)[nH]1. The molecule has 2 aromatic carbocycles. The maximum absolute atomic E-state index is 12.8. The summed E-state index contributed by atoms with van der Waals surface area (Å²) in [5.74, 6) is 0.236. The number of halogens is 1. The molecular formula is C19H14ClN3O5S2. The van der Waals surface area contributed by atoms with Gasteiger partial charge in [0.2, 0.25) is 5.09 Å².